The van der Waals surface area contributed by atoms with Gasteiger partial charge >= 0.3 is 25.8 Å². The van der Waals surface area contributed by atoms with E-state index >= 15 is 0 Å². The molecular formula is C30H28F7N4O6P. The first-order valence-electron chi connectivity index (χ1n) is 14.3. The largest absolute Gasteiger partial charge is 0.454 e. The molecule has 1 aromatic heterocycles. The molecule has 0 amide bonds. The molecule has 1 aliphatic rings. The average molecular weight is 705 g/mol. The van der Waals surface area contributed by atoms with Crippen molar-refractivity contribution in [3.05, 3.63) is 123 Å². The van der Waals surface area contributed by atoms with Gasteiger partial charge in [0.2, 0.25) is 0 Å². The monoisotopic (exact) mass is 704 g/mol. The molecule has 1 aliphatic heterocycles. The molecule has 1 fully saturated rings. The first kappa shape index (κ1) is 35.4. The smallest absolute Gasteiger partial charge is 0.349 e. The molecule has 258 valence electrons. The predicted octanol–water partition coefficient (Wildman–Crippen LogP) is 5.89. The van der Waals surface area contributed by atoms with Gasteiger partial charge < -0.3 is 19.3 Å². The van der Waals surface area contributed by atoms with Crippen molar-refractivity contribution in [1.29, 1.82) is 0 Å². The Morgan fingerprint density at radius 1 is 0.958 bits per heavy atom. The highest BCUT2D eigenvalue weighted by Gasteiger charge is 2.40. The zero-order valence-corrected chi connectivity index (χ0v) is 25.8. The van der Waals surface area contributed by atoms with Crippen LogP contribution in [0.5, 0.6) is 0 Å². The van der Waals surface area contributed by atoms with Crippen LogP contribution >= 0.6 is 7.75 Å². The molecule has 48 heavy (non-hydrogen) atoms. The predicted molar refractivity (Wildman–Crippen MR) is 155 cm³/mol. The Kier molecular flexibility index (Phi) is 10.0. The van der Waals surface area contributed by atoms with Crippen LogP contribution in [0.2, 0.25) is 0 Å². The molecule has 0 unspecified atom stereocenters. The van der Waals surface area contributed by atoms with Gasteiger partial charge in [-0.05, 0) is 53.9 Å². The van der Waals surface area contributed by atoms with E-state index in [9.17, 15) is 49.9 Å². The number of halogens is 7. The molecule has 3 aromatic carbocycles. The maximum absolute atomic E-state index is 13.9. The van der Waals surface area contributed by atoms with Crippen molar-refractivity contribution in [1.82, 2.24) is 19.0 Å². The third-order valence-corrected chi connectivity index (χ3v) is 8.39. The van der Waals surface area contributed by atoms with Crippen LogP contribution in [-0.2, 0) is 39.5 Å². The lowest BCUT2D eigenvalue weighted by molar-refractivity contribution is -0.231. The first-order valence-corrected chi connectivity index (χ1v) is 15.8. The topological polar surface area (TPSA) is 119 Å². The summed E-state index contributed by atoms with van der Waals surface area (Å²) in [5.41, 5.74) is -3.62. The van der Waals surface area contributed by atoms with Crippen LogP contribution in [0.3, 0.4) is 0 Å². The maximum Gasteiger partial charge on any atom is 0.454 e. The zero-order chi connectivity index (χ0) is 35.0. The van der Waals surface area contributed by atoms with Gasteiger partial charge in [0, 0.05) is 6.54 Å². The second-order valence-electron chi connectivity index (χ2n) is 11.0. The highest BCUT2D eigenvalue weighted by molar-refractivity contribution is 7.49. The van der Waals surface area contributed by atoms with E-state index in [1.165, 1.54) is 19.1 Å². The number of hydrogen-bond acceptors (Lipinski definition) is 6. The van der Waals surface area contributed by atoms with E-state index in [2.05, 4.69) is 5.10 Å². The van der Waals surface area contributed by atoms with Crippen molar-refractivity contribution in [2.45, 2.75) is 50.8 Å². The third kappa shape index (κ3) is 8.05. The Hall–Kier alpha value is -3.86. The molecule has 2 heterocycles. The lowest BCUT2D eigenvalue weighted by atomic mass is 10.0. The van der Waals surface area contributed by atoms with E-state index in [4.69, 9.17) is 9.47 Å². The van der Waals surface area contributed by atoms with Gasteiger partial charge in [-0.1, -0.05) is 42.5 Å². The van der Waals surface area contributed by atoms with Crippen LogP contribution in [0.1, 0.15) is 52.7 Å². The molecule has 0 aliphatic carbocycles. The first-order chi connectivity index (χ1) is 22.4. The average Bonchev–Trinajstić information content (AvgIpc) is 3.32. The molecular weight excluding hydrogens is 676 g/mol. The molecule has 1 saturated heterocycles. The number of hydrogen-bond donors (Lipinski definition) is 2. The number of rotatable bonds is 9. The van der Waals surface area contributed by atoms with Crippen LogP contribution in [0.4, 0.5) is 30.7 Å². The highest BCUT2D eigenvalue weighted by atomic mass is 31.2. The fourth-order valence-corrected chi connectivity index (χ4v) is 5.87. The number of ether oxygens (including phenoxy) is 2. The van der Waals surface area contributed by atoms with Gasteiger partial charge in [-0.25, -0.2) is 13.8 Å². The van der Waals surface area contributed by atoms with Gasteiger partial charge in [0.05, 0.1) is 43.0 Å². The summed E-state index contributed by atoms with van der Waals surface area (Å²) < 4.78 is 120. The molecule has 18 heteroatoms. The molecule has 0 radical (unpaired) electrons. The minimum absolute atomic E-state index is 0.00210. The van der Waals surface area contributed by atoms with E-state index < -0.39 is 66.7 Å². The highest BCUT2D eigenvalue weighted by Crippen LogP contribution is 2.40. The Bertz CT molecular complexity index is 1810. The normalized spacial score (nSPS) is 18.6. The summed E-state index contributed by atoms with van der Waals surface area (Å²) in [6.07, 6.45) is -12.9. The van der Waals surface area contributed by atoms with Crippen LogP contribution in [0, 0.1) is 5.82 Å². The van der Waals surface area contributed by atoms with E-state index in [1.54, 1.807) is 35.2 Å². The minimum Gasteiger partial charge on any atom is -0.349 e. The summed E-state index contributed by atoms with van der Waals surface area (Å²) in [6, 6.07) is 13.6. The summed E-state index contributed by atoms with van der Waals surface area (Å²) >= 11 is 0. The summed E-state index contributed by atoms with van der Waals surface area (Å²) in [4.78, 5) is 34.4. The van der Waals surface area contributed by atoms with Crippen LogP contribution in [0.25, 0.3) is 0 Å². The van der Waals surface area contributed by atoms with Gasteiger partial charge in [0.25, 0.3) is 0 Å². The molecule has 2 N–H and O–H groups in total. The van der Waals surface area contributed by atoms with Crippen LogP contribution in [0.15, 0.2) is 77.6 Å². The number of morpholine rings is 1. The summed E-state index contributed by atoms with van der Waals surface area (Å²) in [6.45, 7) is 0.901. The fraction of sp³-hybridized carbons (Fsp3) is 0.333. The van der Waals surface area contributed by atoms with E-state index in [0.29, 0.717) is 23.3 Å². The molecule has 0 saturated carbocycles. The Balaban J connectivity index is 1.53. The maximum atomic E-state index is 13.9. The Labute approximate surface area is 268 Å². The summed E-state index contributed by atoms with van der Waals surface area (Å²) in [7, 11) is -5.19. The Morgan fingerprint density at radius 3 is 2.12 bits per heavy atom. The molecule has 5 rings (SSSR count). The van der Waals surface area contributed by atoms with Gasteiger partial charge in [-0.2, -0.15) is 26.3 Å². The van der Waals surface area contributed by atoms with E-state index in [0.717, 1.165) is 16.7 Å². The Morgan fingerprint density at radius 2 is 1.56 bits per heavy atom. The number of alkyl halides is 6. The van der Waals surface area contributed by atoms with Gasteiger partial charge in [-0.3, -0.25) is 9.47 Å². The summed E-state index contributed by atoms with van der Waals surface area (Å²) in [5.74, 6) is -0.686. The van der Waals surface area contributed by atoms with Crippen molar-refractivity contribution in [3.8, 4) is 0 Å². The second-order valence-corrected chi connectivity index (χ2v) is 12.4. The summed E-state index contributed by atoms with van der Waals surface area (Å²) in [5, 5.41) is 3.92. The van der Waals surface area contributed by atoms with Crippen molar-refractivity contribution < 1.29 is 54.6 Å². The van der Waals surface area contributed by atoms with Crippen molar-refractivity contribution >= 4 is 7.75 Å². The van der Waals surface area contributed by atoms with Gasteiger partial charge in [-0.15, -0.1) is 9.55 Å². The minimum atomic E-state index is -5.19. The molecule has 0 spiro atoms. The van der Waals surface area contributed by atoms with E-state index in [1.807, 2.05) is 0 Å². The van der Waals surface area contributed by atoms with Crippen molar-refractivity contribution in [2.24, 2.45) is 0 Å². The standard InChI is InChI=1S/C30H28F7N4O6P/c1-18(21-13-22(29(32,33)34)15-23(14-21)30(35,36)37)47-27-26(20-7-9-24(31)10-8-20)39(11-12-46-27)17-25-38-41(48(43,44)45)28(42)40(25)16-19-5-3-2-4-6-19/h2-10,13-15,18,26-27H,11-12,16-17H2,1H3,(H2,43,44,45)/t18-,26+,27-/m1/s1. The molecule has 0 bridgehead atoms. The number of benzene rings is 3. The quantitative estimate of drug-likeness (QED) is 0.164. The van der Waals surface area contributed by atoms with Crippen molar-refractivity contribution in [3.63, 3.8) is 0 Å². The molecule has 3 atom stereocenters. The third-order valence-electron chi connectivity index (χ3n) is 7.64. The lowest BCUT2D eigenvalue weighted by Crippen LogP contribution is -2.46. The van der Waals surface area contributed by atoms with Gasteiger partial charge in [0.1, 0.15) is 11.6 Å². The molecule has 4 aromatic rings. The van der Waals surface area contributed by atoms with Crippen molar-refractivity contribution in [2.75, 3.05) is 13.2 Å². The van der Waals surface area contributed by atoms with Crippen LogP contribution in [-0.4, -0.2) is 48.2 Å². The second kappa shape index (κ2) is 13.6. The van der Waals surface area contributed by atoms with Gasteiger partial charge in [0.15, 0.2) is 6.29 Å². The zero-order valence-electron chi connectivity index (χ0n) is 24.9. The number of nitrogens with zero attached hydrogens (tertiary/aromatic N) is 4. The van der Waals surface area contributed by atoms with E-state index in [-0.39, 0.29) is 42.6 Å². The SMILES string of the molecule is C[C@@H](O[C@H]1OCCN(Cc2nn(P(=O)(O)O)c(=O)n2Cc2ccccc2)[C@H]1c1ccc(F)cc1)c1cc(C(F)(F)F)cc(C(F)(F)F)c1. The molecule has 10 nitrogen and oxygen atoms in total. The fourth-order valence-electron chi connectivity index (χ4n) is 5.32. The number of aromatic nitrogens is 3. The van der Waals surface area contributed by atoms with Crippen LogP contribution < -0.4 is 5.69 Å². The lowest BCUT2D eigenvalue weighted by Gasteiger charge is -2.41.